The maximum absolute atomic E-state index is 13.3. The molecule has 6 nitrogen and oxygen atoms in total. The first-order valence-electron chi connectivity index (χ1n) is 6.86. The Morgan fingerprint density at radius 2 is 1.83 bits per heavy atom. The number of carbonyl (C=O) groups excluding carboxylic acids is 2. The largest absolute Gasteiger partial charge is 0.504 e. The lowest BCUT2D eigenvalue weighted by molar-refractivity contribution is -0.117. The fourth-order valence-corrected chi connectivity index (χ4v) is 2.41. The predicted molar refractivity (Wildman–Crippen MR) is 79.8 cm³/mol. The molecule has 0 aliphatic carbocycles. The van der Waals surface area contributed by atoms with Gasteiger partial charge in [0.2, 0.25) is 5.91 Å². The summed E-state index contributed by atoms with van der Waals surface area (Å²) in [4.78, 5) is 24.4. The van der Waals surface area contributed by atoms with Crippen molar-refractivity contribution in [3.8, 4) is 11.5 Å². The van der Waals surface area contributed by atoms with Crippen molar-refractivity contribution in [1.82, 2.24) is 5.32 Å². The van der Waals surface area contributed by atoms with Crippen molar-refractivity contribution in [2.75, 3.05) is 5.32 Å². The fourth-order valence-electron chi connectivity index (χ4n) is 2.41. The van der Waals surface area contributed by atoms with Crippen LogP contribution in [0, 0.1) is 5.82 Å². The number of fused-ring (bicyclic) bond motifs is 1. The van der Waals surface area contributed by atoms with E-state index in [1.165, 1.54) is 24.3 Å². The molecule has 23 heavy (non-hydrogen) atoms. The molecule has 0 bridgehead atoms. The van der Waals surface area contributed by atoms with Crippen LogP contribution in [0.2, 0.25) is 0 Å². The molecule has 0 saturated heterocycles. The number of phenols is 2. The van der Waals surface area contributed by atoms with Gasteiger partial charge in [-0.05, 0) is 35.9 Å². The lowest BCUT2D eigenvalue weighted by Gasteiger charge is -2.14. The number of rotatable bonds is 2. The fraction of sp³-hybridized carbons (Fsp3) is 0.125. The Hall–Kier alpha value is -3.09. The Bertz CT molecular complexity index is 807. The van der Waals surface area contributed by atoms with Crippen molar-refractivity contribution in [3.05, 3.63) is 53.3 Å². The first kappa shape index (κ1) is 14.8. The second-order valence-corrected chi connectivity index (χ2v) is 5.23. The Balaban J connectivity index is 1.86. The molecule has 7 heteroatoms. The van der Waals surface area contributed by atoms with E-state index >= 15 is 0 Å². The first-order valence-corrected chi connectivity index (χ1v) is 6.86. The van der Waals surface area contributed by atoms with Crippen molar-refractivity contribution in [3.63, 3.8) is 0 Å². The van der Waals surface area contributed by atoms with Crippen LogP contribution < -0.4 is 10.6 Å². The molecule has 0 unspecified atom stereocenters. The van der Waals surface area contributed by atoms with Gasteiger partial charge in [-0.25, -0.2) is 4.39 Å². The quantitative estimate of drug-likeness (QED) is 0.632. The smallest absolute Gasteiger partial charge is 0.254 e. The summed E-state index contributed by atoms with van der Waals surface area (Å²) in [5, 5.41) is 23.9. The minimum absolute atomic E-state index is 0.0504. The van der Waals surface area contributed by atoms with E-state index in [9.17, 15) is 24.2 Å². The average Bonchev–Trinajstić information content (AvgIpc) is 2.61. The summed E-state index contributed by atoms with van der Waals surface area (Å²) < 4.78 is 13.3. The minimum atomic E-state index is -0.887. The monoisotopic (exact) mass is 316 g/mol. The predicted octanol–water partition coefficient (Wildman–Crippen LogP) is 1.53. The number of amides is 2. The van der Waals surface area contributed by atoms with Crippen LogP contribution >= 0.6 is 0 Å². The van der Waals surface area contributed by atoms with E-state index in [2.05, 4.69) is 10.6 Å². The molecule has 0 spiro atoms. The number of phenolic OH excluding ortho intramolecular Hbond substituents is 2. The van der Waals surface area contributed by atoms with E-state index in [0.717, 1.165) is 12.1 Å². The molecular formula is C16H13FN2O4. The summed E-state index contributed by atoms with van der Waals surface area (Å²) in [5.74, 6) is -2.17. The molecule has 3 rings (SSSR count). The van der Waals surface area contributed by atoms with Crippen LogP contribution in [0.25, 0.3) is 0 Å². The van der Waals surface area contributed by atoms with E-state index in [1.807, 2.05) is 0 Å². The number of aromatic hydroxyl groups is 2. The van der Waals surface area contributed by atoms with Crippen LogP contribution in [0.15, 0.2) is 36.4 Å². The molecule has 2 aromatic carbocycles. The zero-order chi connectivity index (χ0) is 16.6. The molecular weight excluding hydrogens is 303 g/mol. The molecule has 0 aromatic heterocycles. The molecule has 1 heterocycles. The lowest BCUT2D eigenvalue weighted by atomic mass is 10.0. The lowest BCUT2D eigenvalue weighted by Crippen LogP contribution is -2.42. The second-order valence-electron chi connectivity index (χ2n) is 5.23. The van der Waals surface area contributed by atoms with Crippen molar-refractivity contribution in [1.29, 1.82) is 0 Å². The Kier molecular flexibility index (Phi) is 3.61. The summed E-state index contributed by atoms with van der Waals surface area (Å²) in [6.07, 6.45) is 0.113. The highest BCUT2D eigenvalue weighted by molar-refractivity contribution is 6.09. The third-order valence-corrected chi connectivity index (χ3v) is 3.59. The second kappa shape index (κ2) is 5.60. The molecule has 2 amide bonds. The SMILES string of the molecule is O=C1N[C@@H](Cc2ccc(O)c(O)c2)C(=O)Nc2ccc(F)cc21. The molecule has 1 aliphatic rings. The van der Waals surface area contributed by atoms with E-state index in [4.69, 9.17) is 0 Å². The Morgan fingerprint density at radius 1 is 1.04 bits per heavy atom. The molecule has 0 saturated carbocycles. The van der Waals surface area contributed by atoms with Crippen LogP contribution in [0.1, 0.15) is 15.9 Å². The van der Waals surface area contributed by atoms with Crippen molar-refractivity contribution >= 4 is 17.5 Å². The Morgan fingerprint density at radius 3 is 2.57 bits per heavy atom. The van der Waals surface area contributed by atoms with Crippen molar-refractivity contribution in [2.45, 2.75) is 12.5 Å². The minimum Gasteiger partial charge on any atom is -0.504 e. The zero-order valence-electron chi connectivity index (χ0n) is 11.8. The van der Waals surface area contributed by atoms with Gasteiger partial charge in [-0.15, -0.1) is 0 Å². The van der Waals surface area contributed by atoms with Gasteiger partial charge in [0.05, 0.1) is 11.3 Å². The van der Waals surface area contributed by atoms with Gasteiger partial charge < -0.3 is 20.8 Å². The van der Waals surface area contributed by atoms with E-state index < -0.39 is 23.7 Å². The van der Waals surface area contributed by atoms with E-state index in [-0.39, 0.29) is 29.2 Å². The molecule has 1 atom stereocenters. The summed E-state index contributed by atoms with van der Waals surface area (Å²) in [5.41, 5.74) is 0.845. The number of hydrogen-bond donors (Lipinski definition) is 4. The number of nitrogens with one attached hydrogen (secondary N) is 2. The number of halogens is 1. The van der Waals surface area contributed by atoms with Gasteiger partial charge in [-0.1, -0.05) is 6.07 Å². The van der Waals surface area contributed by atoms with Crippen molar-refractivity contribution in [2.24, 2.45) is 0 Å². The van der Waals surface area contributed by atoms with Gasteiger partial charge in [-0.2, -0.15) is 0 Å². The third kappa shape index (κ3) is 2.94. The standard InChI is InChI=1S/C16H13FN2O4/c17-9-2-3-11-10(7-9)15(22)19-12(16(23)18-11)5-8-1-4-13(20)14(21)6-8/h1-4,6-7,12,20-21H,5H2,(H,18,23)(H,19,22)/t12-/m0/s1. The number of benzene rings is 2. The van der Waals surface area contributed by atoms with Gasteiger partial charge in [0.15, 0.2) is 11.5 Å². The number of anilines is 1. The van der Waals surface area contributed by atoms with Gasteiger partial charge in [0.1, 0.15) is 11.9 Å². The van der Waals surface area contributed by atoms with Crippen LogP contribution in [0.5, 0.6) is 11.5 Å². The maximum Gasteiger partial charge on any atom is 0.254 e. The Labute approximate surface area is 130 Å². The van der Waals surface area contributed by atoms with Crippen molar-refractivity contribution < 1.29 is 24.2 Å². The van der Waals surface area contributed by atoms with E-state index in [1.54, 1.807) is 0 Å². The van der Waals surface area contributed by atoms with Crippen LogP contribution in [-0.4, -0.2) is 28.1 Å². The molecule has 1 aliphatic heterocycles. The maximum atomic E-state index is 13.3. The summed E-state index contributed by atoms with van der Waals surface area (Å²) >= 11 is 0. The van der Waals surface area contributed by atoms with Gasteiger partial charge in [-0.3, -0.25) is 9.59 Å². The summed E-state index contributed by atoms with van der Waals surface area (Å²) in [6.45, 7) is 0. The summed E-state index contributed by atoms with van der Waals surface area (Å²) in [7, 11) is 0. The zero-order valence-corrected chi connectivity index (χ0v) is 11.8. The highest BCUT2D eigenvalue weighted by atomic mass is 19.1. The van der Waals surface area contributed by atoms with Gasteiger partial charge in [0.25, 0.3) is 5.91 Å². The molecule has 2 aromatic rings. The highest BCUT2D eigenvalue weighted by Gasteiger charge is 2.28. The normalized spacial score (nSPS) is 17.0. The van der Waals surface area contributed by atoms with Crippen LogP contribution in [0.4, 0.5) is 10.1 Å². The number of hydrogen-bond acceptors (Lipinski definition) is 4. The highest BCUT2D eigenvalue weighted by Crippen LogP contribution is 2.26. The summed E-state index contributed by atoms with van der Waals surface area (Å²) in [6, 6.07) is 6.80. The molecule has 4 N–H and O–H groups in total. The topological polar surface area (TPSA) is 98.7 Å². The van der Waals surface area contributed by atoms with Crippen LogP contribution in [0.3, 0.4) is 0 Å². The molecule has 0 fully saturated rings. The molecule has 118 valence electrons. The van der Waals surface area contributed by atoms with Crippen LogP contribution in [-0.2, 0) is 11.2 Å². The number of carbonyl (C=O) groups is 2. The van der Waals surface area contributed by atoms with Gasteiger partial charge in [0, 0.05) is 6.42 Å². The first-order chi connectivity index (χ1) is 10.9. The molecule has 0 radical (unpaired) electrons. The van der Waals surface area contributed by atoms with E-state index in [0.29, 0.717) is 5.56 Å². The third-order valence-electron chi connectivity index (χ3n) is 3.59. The van der Waals surface area contributed by atoms with Gasteiger partial charge >= 0.3 is 0 Å². The average molecular weight is 316 g/mol.